The van der Waals surface area contributed by atoms with E-state index in [9.17, 15) is 13.2 Å². The molecule has 0 bridgehead atoms. The van der Waals surface area contributed by atoms with Gasteiger partial charge >= 0.3 is 6.18 Å². The lowest BCUT2D eigenvalue weighted by molar-refractivity contribution is -0.139. The molecule has 3 aromatic rings. The van der Waals surface area contributed by atoms with E-state index in [1.54, 1.807) is 28.9 Å². The first kappa shape index (κ1) is 19.5. The molecule has 0 saturated carbocycles. The third-order valence-electron chi connectivity index (χ3n) is 3.93. The van der Waals surface area contributed by atoms with Gasteiger partial charge in [0.05, 0.1) is 11.6 Å². The average molecular weight is 412 g/mol. The van der Waals surface area contributed by atoms with Crippen molar-refractivity contribution >= 4 is 29.3 Å². The third-order valence-corrected chi connectivity index (χ3v) is 4.37. The van der Waals surface area contributed by atoms with Crippen LogP contribution in [0.15, 0.2) is 54.9 Å². The van der Waals surface area contributed by atoms with Crippen LogP contribution in [0.25, 0.3) is 11.8 Å². The fourth-order valence-electron chi connectivity index (χ4n) is 2.65. The molecule has 3 rings (SSSR count). The maximum Gasteiger partial charge on any atom is 0.399 e. The summed E-state index contributed by atoms with van der Waals surface area (Å²) in [4.78, 5) is 4.04. The van der Waals surface area contributed by atoms with Crippen LogP contribution in [0, 0.1) is 6.92 Å². The third kappa shape index (κ3) is 4.70. The van der Waals surface area contributed by atoms with E-state index in [0.29, 0.717) is 11.4 Å². The Morgan fingerprint density at radius 2 is 1.67 bits per heavy atom. The zero-order valence-electron chi connectivity index (χ0n) is 14.1. The molecule has 1 atom stereocenters. The maximum absolute atomic E-state index is 13.5. The maximum atomic E-state index is 13.5. The van der Waals surface area contributed by atoms with Crippen LogP contribution in [-0.4, -0.2) is 20.9 Å². The van der Waals surface area contributed by atoms with Gasteiger partial charge in [-0.15, -0.1) is 0 Å². The fourth-order valence-corrected chi connectivity index (χ4v) is 3.19. The van der Waals surface area contributed by atoms with Crippen molar-refractivity contribution in [2.45, 2.75) is 19.0 Å². The highest BCUT2D eigenvalue weighted by Gasteiger charge is 2.39. The van der Waals surface area contributed by atoms with E-state index in [2.05, 4.69) is 10.1 Å². The van der Waals surface area contributed by atoms with Crippen molar-refractivity contribution in [3.05, 3.63) is 81.9 Å². The number of aryl methyl sites for hydroxylation is 1. The summed E-state index contributed by atoms with van der Waals surface area (Å²) in [6.45, 7) is 1.81. The van der Waals surface area contributed by atoms with Crippen LogP contribution in [0.2, 0.25) is 10.0 Å². The molecule has 0 aliphatic heterocycles. The molecule has 0 radical (unpaired) electrons. The largest absolute Gasteiger partial charge is 0.399 e. The molecule has 8 heteroatoms. The summed E-state index contributed by atoms with van der Waals surface area (Å²) in [5.74, 6) is -1.10. The molecular formula is C19H14Cl2F3N3. The second-order valence-electron chi connectivity index (χ2n) is 5.89. The Kier molecular flexibility index (Phi) is 5.58. The number of hydrogen-bond donors (Lipinski definition) is 0. The van der Waals surface area contributed by atoms with Crippen molar-refractivity contribution in [3.63, 3.8) is 0 Å². The van der Waals surface area contributed by atoms with Crippen LogP contribution < -0.4 is 0 Å². The number of rotatable bonds is 4. The lowest BCUT2D eigenvalue weighted by atomic mass is 9.97. The quantitative estimate of drug-likeness (QED) is 0.508. The van der Waals surface area contributed by atoms with Gasteiger partial charge in [-0.25, -0.2) is 9.67 Å². The second kappa shape index (κ2) is 7.74. The Bertz CT molecular complexity index is 943. The molecule has 0 spiro atoms. The van der Waals surface area contributed by atoms with Gasteiger partial charge in [-0.2, -0.15) is 18.3 Å². The van der Waals surface area contributed by atoms with E-state index in [1.165, 1.54) is 30.6 Å². The summed E-state index contributed by atoms with van der Waals surface area (Å²) in [6, 6.07) is 10.9. The van der Waals surface area contributed by atoms with Gasteiger partial charge in [0, 0.05) is 10.0 Å². The first-order valence-electron chi connectivity index (χ1n) is 7.92. The summed E-state index contributed by atoms with van der Waals surface area (Å²) < 4.78 is 42.2. The molecule has 140 valence electrons. The SMILES string of the molecule is Cc1ncnn1-c1ccc(/C=C/C(c2cc(Cl)cc(Cl)c2)C(F)(F)F)cc1. The van der Waals surface area contributed by atoms with Gasteiger partial charge in [0.1, 0.15) is 12.2 Å². The Labute approximate surface area is 164 Å². The first-order valence-corrected chi connectivity index (χ1v) is 8.67. The van der Waals surface area contributed by atoms with Gasteiger partial charge in [0.2, 0.25) is 0 Å². The lowest BCUT2D eigenvalue weighted by Crippen LogP contribution is -2.18. The Balaban J connectivity index is 1.88. The highest BCUT2D eigenvalue weighted by Crippen LogP contribution is 2.38. The number of halogens is 5. The van der Waals surface area contributed by atoms with Crippen molar-refractivity contribution < 1.29 is 13.2 Å². The monoisotopic (exact) mass is 411 g/mol. The zero-order valence-corrected chi connectivity index (χ0v) is 15.6. The number of nitrogens with zero attached hydrogens (tertiary/aromatic N) is 3. The van der Waals surface area contributed by atoms with Gasteiger partial charge in [-0.3, -0.25) is 0 Å². The predicted molar refractivity (Wildman–Crippen MR) is 100 cm³/mol. The Morgan fingerprint density at radius 1 is 1.04 bits per heavy atom. The molecule has 0 aliphatic carbocycles. The Morgan fingerprint density at radius 3 is 2.19 bits per heavy atom. The minimum absolute atomic E-state index is 0.00823. The van der Waals surface area contributed by atoms with E-state index < -0.39 is 12.1 Å². The molecule has 1 unspecified atom stereocenters. The number of aromatic nitrogens is 3. The van der Waals surface area contributed by atoms with Crippen LogP contribution >= 0.6 is 23.2 Å². The summed E-state index contributed by atoms with van der Waals surface area (Å²) >= 11 is 11.7. The lowest BCUT2D eigenvalue weighted by Gasteiger charge is -2.18. The van der Waals surface area contributed by atoms with Crippen LogP contribution in [0.5, 0.6) is 0 Å². The van der Waals surface area contributed by atoms with Gasteiger partial charge in [0.25, 0.3) is 0 Å². The molecular weight excluding hydrogens is 398 g/mol. The topological polar surface area (TPSA) is 30.7 Å². The summed E-state index contributed by atoms with van der Waals surface area (Å²) in [5.41, 5.74) is 1.39. The molecule has 1 aromatic heterocycles. The van der Waals surface area contributed by atoms with Crippen molar-refractivity contribution in [2.24, 2.45) is 0 Å². The molecule has 27 heavy (non-hydrogen) atoms. The van der Waals surface area contributed by atoms with Gasteiger partial charge in [-0.05, 0) is 48.4 Å². The molecule has 0 N–H and O–H groups in total. The molecule has 1 heterocycles. The minimum Gasteiger partial charge on any atom is -0.220 e. The van der Waals surface area contributed by atoms with Crippen LogP contribution in [0.1, 0.15) is 22.9 Å². The van der Waals surface area contributed by atoms with E-state index in [0.717, 1.165) is 11.8 Å². The van der Waals surface area contributed by atoms with Gasteiger partial charge in [-0.1, -0.05) is 47.5 Å². The van der Waals surface area contributed by atoms with Gasteiger partial charge in [0.15, 0.2) is 0 Å². The summed E-state index contributed by atoms with van der Waals surface area (Å²) in [5, 5.41) is 4.41. The second-order valence-corrected chi connectivity index (χ2v) is 6.76. The van der Waals surface area contributed by atoms with Crippen molar-refractivity contribution in [3.8, 4) is 5.69 Å². The highest BCUT2D eigenvalue weighted by atomic mass is 35.5. The smallest absolute Gasteiger partial charge is 0.220 e. The van der Waals surface area contributed by atoms with E-state index in [1.807, 2.05) is 6.92 Å². The highest BCUT2D eigenvalue weighted by molar-refractivity contribution is 6.34. The molecule has 2 aromatic carbocycles. The standard InChI is InChI=1S/C19H14Cl2F3N3/c1-12-25-11-26-27(12)17-5-2-13(3-6-17)4-7-18(19(22,23)24)14-8-15(20)10-16(21)9-14/h2-11,18H,1H3/b7-4+. The number of alkyl halides is 3. The van der Waals surface area contributed by atoms with E-state index >= 15 is 0 Å². The van der Waals surface area contributed by atoms with Crippen LogP contribution in [-0.2, 0) is 0 Å². The number of hydrogen-bond acceptors (Lipinski definition) is 2. The number of benzene rings is 2. The molecule has 0 saturated heterocycles. The van der Waals surface area contributed by atoms with E-state index in [-0.39, 0.29) is 15.6 Å². The molecule has 3 nitrogen and oxygen atoms in total. The van der Waals surface area contributed by atoms with Crippen molar-refractivity contribution in [1.82, 2.24) is 14.8 Å². The molecule has 0 fully saturated rings. The number of allylic oxidation sites excluding steroid dienone is 1. The van der Waals surface area contributed by atoms with Crippen LogP contribution in [0.4, 0.5) is 13.2 Å². The summed E-state index contributed by atoms with van der Waals surface area (Å²) in [6.07, 6.45) is -0.516. The molecule has 0 aliphatic rings. The van der Waals surface area contributed by atoms with Crippen molar-refractivity contribution in [2.75, 3.05) is 0 Å². The first-order chi connectivity index (χ1) is 12.7. The molecule has 0 amide bonds. The minimum atomic E-state index is -4.47. The fraction of sp³-hybridized carbons (Fsp3) is 0.158. The summed E-state index contributed by atoms with van der Waals surface area (Å²) in [7, 11) is 0. The van der Waals surface area contributed by atoms with Crippen molar-refractivity contribution in [1.29, 1.82) is 0 Å². The normalized spacial score (nSPS) is 13.3. The zero-order chi connectivity index (χ0) is 19.6. The van der Waals surface area contributed by atoms with Crippen LogP contribution in [0.3, 0.4) is 0 Å². The Hall–Kier alpha value is -2.31. The van der Waals surface area contributed by atoms with Gasteiger partial charge < -0.3 is 0 Å². The van der Waals surface area contributed by atoms with E-state index in [4.69, 9.17) is 23.2 Å². The predicted octanol–water partition coefficient (Wildman–Crippen LogP) is 6.24. The average Bonchev–Trinajstić information content (AvgIpc) is 2.99.